The van der Waals surface area contributed by atoms with E-state index in [1.165, 1.54) is 5.69 Å². The molecule has 130 valence electrons. The van der Waals surface area contributed by atoms with Crippen LogP contribution in [0.2, 0.25) is 0 Å². The van der Waals surface area contributed by atoms with Crippen LogP contribution in [-0.4, -0.2) is 48.4 Å². The molecule has 1 fully saturated rings. The van der Waals surface area contributed by atoms with Crippen molar-refractivity contribution in [1.82, 2.24) is 15.3 Å². The number of piperidine rings is 1. The Morgan fingerprint density at radius 1 is 1.30 bits per heavy atom. The maximum absolute atomic E-state index is 5.58. The van der Waals surface area contributed by atoms with Crippen molar-refractivity contribution in [2.75, 3.05) is 31.1 Å². The summed E-state index contributed by atoms with van der Waals surface area (Å²) in [4.78, 5) is 11.6. The van der Waals surface area contributed by atoms with Gasteiger partial charge in [0.25, 0.3) is 0 Å². The highest BCUT2D eigenvalue weighted by molar-refractivity contribution is 5.40. The molecule has 0 atom stereocenters. The van der Waals surface area contributed by atoms with Crippen molar-refractivity contribution in [2.24, 2.45) is 0 Å². The molecule has 1 aliphatic rings. The van der Waals surface area contributed by atoms with Crippen LogP contribution in [-0.2, 0) is 11.2 Å². The average molecular weight is 320 g/mol. The predicted octanol–water partition coefficient (Wildman–Crippen LogP) is 2.72. The van der Waals surface area contributed by atoms with Gasteiger partial charge in [-0.25, -0.2) is 9.97 Å². The van der Waals surface area contributed by atoms with Crippen molar-refractivity contribution in [3.8, 4) is 0 Å². The fourth-order valence-corrected chi connectivity index (χ4v) is 3.03. The second-order valence-electron chi connectivity index (χ2n) is 6.65. The van der Waals surface area contributed by atoms with E-state index in [1.807, 2.05) is 6.92 Å². The number of nitrogens with one attached hydrogen (secondary N) is 1. The summed E-state index contributed by atoms with van der Waals surface area (Å²) in [7, 11) is 0. The zero-order valence-corrected chi connectivity index (χ0v) is 15.1. The van der Waals surface area contributed by atoms with Crippen molar-refractivity contribution >= 4 is 5.82 Å². The second kappa shape index (κ2) is 9.18. The average Bonchev–Trinajstić information content (AvgIpc) is 2.52. The van der Waals surface area contributed by atoms with E-state index in [2.05, 4.69) is 47.0 Å². The topological polar surface area (TPSA) is 50.3 Å². The molecule has 0 bridgehead atoms. The second-order valence-corrected chi connectivity index (χ2v) is 6.65. The molecule has 0 aliphatic carbocycles. The maximum atomic E-state index is 5.58. The summed E-state index contributed by atoms with van der Waals surface area (Å²) in [5, 5.41) is 3.61. The zero-order valence-electron chi connectivity index (χ0n) is 15.1. The van der Waals surface area contributed by atoms with Crippen molar-refractivity contribution in [1.29, 1.82) is 0 Å². The van der Waals surface area contributed by atoms with E-state index < -0.39 is 0 Å². The van der Waals surface area contributed by atoms with Crippen molar-refractivity contribution in [3.05, 3.63) is 17.6 Å². The van der Waals surface area contributed by atoms with Gasteiger partial charge in [0.15, 0.2) is 0 Å². The van der Waals surface area contributed by atoms with Crippen LogP contribution >= 0.6 is 0 Å². The summed E-state index contributed by atoms with van der Waals surface area (Å²) >= 11 is 0. The van der Waals surface area contributed by atoms with E-state index in [-0.39, 0.29) is 0 Å². The highest BCUT2D eigenvalue weighted by Gasteiger charge is 2.20. The Bertz CT molecular complexity index is 470. The lowest BCUT2D eigenvalue weighted by molar-refractivity contribution is 0.0788. The van der Waals surface area contributed by atoms with Gasteiger partial charge in [-0.2, -0.15) is 0 Å². The van der Waals surface area contributed by atoms with Gasteiger partial charge < -0.3 is 15.0 Å². The summed E-state index contributed by atoms with van der Waals surface area (Å²) in [6, 6.07) is 2.76. The quantitative estimate of drug-likeness (QED) is 0.746. The first-order valence-corrected chi connectivity index (χ1v) is 9.03. The molecule has 5 heteroatoms. The van der Waals surface area contributed by atoms with E-state index in [1.54, 1.807) is 0 Å². The van der Waals surface area contributed by atoms with Gasteiger partial charge in [-0.05, 0) is 40.0 Å². The molecule has 1 aliphatic heterocycles. The van der Waals surface area contributed by atoms with E-state index in [0.717, 1.165) is 63.6 Å². The van der Waals surface area contributed by atoms with Crippen LogP contribution in [0.15, 0.2) is 6.07 Å². The van der Waals surface area contributed by atoms with Gasteiger partial charge in [-0.15, -0.1) is 0 Å². The highest BCUT2D eigenvalue weighted by Crippen LogP contribution is 2.19. The molecule has 5 nitrogen and oxygen atoms in total. The number of anilines is 1. The smallest absolute Gasteiger partial charge is 0.132 e. The Morgan fingerprint density at radius 3 is 2.70 bits per heavy atom. The number of nitrogens with zero attached hydrogens (tertiary/aromatic N) is 3. The Morgan fingerprint density at radius 2 is 2.04 bits per heavy atom. The lowest BCUT2D eigenvalue weighted by Crippen LogP contribution is -2.44. The minimum absolute atomic E-state index is 0.317. The van der Waals surface area contributed by atoms with E-state index in [0.29, 0.717) is 12.1 Å². The van der Waals surface area contributed by atoms with Crippen LogP contribution in [0, 0.1) is 6.92 Å². The van der Waals surface area contributed by atoms with Crippen molar-refractivity contribution < 1.29 is 4.74 Å². The van der Waals surface area contributed by atoms with Gasteiger partial charge in [0, 0.05) is 37.4 Å². The summed E-state index contributed by atoms with van der Waals surface area (Å²) in [5.41, 5.74) is 1.17. The predicted molar refractivity (Wildman–Crippen MR) is 95.1 cm³/mol. The number of rotatable bonds is 8. The molecule has 0 unspecified atom stereocenters. The molecule has 0 radical (unpaired) electrons. The molecule has 2 rings (SSSR count). The Labute approximate surface area is 140 Å². The monoisotopic (exact) mass is 320 g/mol. The molecule has 0 amide bonds. The summed E-state index contributed by atoms with van der Waals surface area (Å²) in [5.74, 6) is 1.99. The maximum Gasteiger partial charge on any atom is 0.132 e. The minimum atomic E-state index is 0.317. The summed E-state index contributed by atoms with van der Waals surface area (Å²) in [6.07, 6.45) is 4.80. The van der Waals surface area contributed by atoms with Crippen LogP contribution in [0.3, 0.4) is 0 Å². The first-order chi connectivity index (χ1) is 11.1. The Kier molecular flexibility index (Phi) is 7.24. The number of aryl methyl sites for hydroxylation is 2. The number of hydrogen-bond acceptors (Lipinski definition) is 5. The fourth-order valence-electron chi connectivity index (χ4n) is 3.03. The van der Waals surface area contributed by atoms with Crippen LogP contribution in [0.25, 0.3) is 0 Å². The van der Waals surface area contributed by atoms with Crippen LogP contribution < -0.4 is 10.2 Å². The summed E-state index contributed by atoms with van der Waals surface area (Å²) < 4.78 is 5.58. The molecule has 2 heterocycles. The molecule has 1 saturated heterocycles. The first-order valence-electron chi connectivity index (χ1n) is 9.03. The van der Waals surface area contributed by atoms with Crippen molar-refractivity contribution in [3.63, 3.8) is 0 Å². The van der Waals surface area contributed by atoms with Crippen LogP contribution in [0.5, 0.6) is 0 Å². The number of aromatic nitrogens is 2. The fraction of sp³-hybridized carbons (Fsp3) is 0.778. The van der Waals surface area contributed by atoms with Crippen LogP contribution in [0.4, 0.5) is 5.82 Å². The standard InChI is InChI=1S/C18H32N4O/c1-5-6-17-13-18(21-15(4)20-17)22-10-7-16(8-11-22)19-9-12-23-14(2)3/h13-14,16,19H,5-12H2,1-4H3. The Balaban J connectivity index is 1.80. The van der Waals surface area contributed by atoms with Gasteiger partial charge in [0.2, 0.25) is 0 Å². The Hall–Kier alpha value is -1.20. The molecule has 0 spiro atoms. The first kappa shape index (κ1) is 18.1. The number of ether oxygens (including phenoxy) is 1. The molecule has 0 saturated carbocycles. The van der Waals surface area contributed by atoms with Gasteiger partial charge in [0.1, 0.15) is 11.6 Å². The normalized spacial score (nSPS) is 16.3. The SMILES string of the molecule is CCCc1cc(N2CCC(NCCOC(C)C)CC2)nc(C)n1. The zero-order chi connectivity index (χ0) is 16.7. The van der Waals surface area contributed by atoms with Gasteiger partial charge in [-0.1, -0.05) is 13.3 Å². The lowest BCUT2D eigenvalue weighted by Gasteiger charge is -2.33. The van der Waals surface area contributed by atoms with Crippen LogP contribution in [0.1, 0.15) is 51.6 Å². The molecular formula is C18H32N4O. The third-order valence-electron chi connectivity index (χ3n) is 4.19. The van der Waals surface area contributed by atoms with E-state index in [4.69, 9.17) is 4.74 Å². The molecule has 1 aromatic rings. The minimum Gasteiger partial charge on any atom is -0.377 e. The third-order valence-corrected chi connectivity index (χ3v) is 4.19. The van der Waals surface area contributed by atoms with Gasteiger partial charge >= 0.3 is 0 Å². The van der Waals surface area contributed by atoms with E-state index >= 15 is 0 Å². The molecule has 23 heavy (non-hydrogen) atoms. The molecule has 0 aromatic carbocycles. The third kappa shape index (κ3) is 6.07. The van der Waals surface area contributed by atoms with E-state index in [9.17, 15) is 0 Å². The number of hydrogen-bond donors (Lipinski definition) is 1. The lowest BCUT2D eigenvalue weighted by atomic mass is 10.0. The molecule has 1 aromatic heterocycles. The van der Waals surface area contributed by atoms with Crippen molar-refractivity contribution in [2.45, 2.75) is 65.5 Å². The summed E-state index contributed by atoms with van der Waals surface area (Å²) in [6.45, 7) is 12.2. The highest BCUT2D eigenvalue weighted by atomic mass is 16.5. The van der Waals surface area contributed by atoms with Gasteiger partial charge in [-0.3, -0.25) is 0 Å². The largest absolute Gasteiger partial charge is 0.377 e. The molecule has 1 N–H and O–H groups in total. The van der Waals surface area contributed by atoms with Gasteiger partial charge in [0.05, 0.1) is 12.7 Å². The molecular weight excluding hydrogens is 288 g/mol.